The first-order valence-electron chi connectivity index (χ1n) is 7.65. The van der Waals surface area contributed by atoms with Crippen LogP contribution in [-0.2, 0) is 0 Å². The van der Waals surface area contributed by atoms with E-state index in [0.29, 0.717) is 18.0 Å². The van der Waals surface area contributed by atoms with Gasteiger partial charge in [-0.1, -0.05) is 57.5 Å². The van der Waals surface area contributed by atoms with Crippen LogP contribution >= 0.6 is 11.8 Å². The second kappa shape index (κ2) is 7.35. The molecule has 1 aliphatic rings. The summed E-state index contributed by atoms with van der Waals surface area (Å²) in [6, 6.07) is 12.1. The number of thioether (sulfide) groups is 1. The minimum atomic E-state index is 0.490. The normalized spacial score (nSPS) is 24.8. The summed E-state index contributed by atoms with van der Waals surface area (Å²) in [5.41, 5.74) is 1.43. The van der Waals surface area contributed by atoms with E-state index in [9.17, 15) is 0 Å². The maximum Gasteiger partial charge on any atom is 0.0346 e. The Balaban J connectivity index is 2.05. The second-order valence-electron chi connectivity index (χ2n) is 5.83. The standard InChI is InChI=1S/C17H27NS/c1-4-19-16-12-8-11-15(16)18-17(13(2)3)14-9-6-5-7-10-14/h5-7,9-10,13,15-18H,4,8,11-12H2,1-3H3. The molecule has 1 nitrogen and oxygen atoms in total. The summed E-state index contributed by atoms with van der Waals surface area (Å²) in [5.74, 6) is 1.87. The Morgan fingerprint density at radius 1 is 1.21 bits per heavy atom. The lowest BCUT2D eigenvalue weighted by atomic mass is 9.95. The highest BCUT2D eigenvalue weighted by atomic mass is 32.2. The molecule has 0 saturated heterocycles. The Morgan fingerprint density at radius 3 is 2.58 bits per heavy atom. The fourth-order valence-corrected chi connectivity index (χ4v) is 4.30. The molecule has 0 aliphatic heterocycles. The van der Waals surface area contributed by atoms with Crippen molar-refractivity contribution in [3.05, 3.63) is 35.9 Å². The lowest BCUT2D eigenvalue weighted by Gasteiger charge is -2.29. The molecule has 106 valence electrons. The van der Waals surface area contributed by atoms with Gasteiger partial charge in [0.2, 0.25) is 0 Å². The van der Waals surface area contributed by atoms with E-state index in [1.807, 2.05) is 0 Å². The van der Waals surface area contributed by atoms with Crippen molar-refractivity contribution in [1.29, 1.82) is 0 Å². The zero-order chi connectivity index (χ0) is 13.7. The van der Waals surface area contributed by atoms with Gasteiger partial charge in [0, 0.05) is 17.3 Å². The molecule has 1 N–H and O–H groups in total. The van der Waals surface area contributed by atoms with Crippen LogP contribution in [0.5, 0.6) is 0 Å². The van der Waals surface area contributed by atoms with Crippen molar-refractivity contribution in [1.82, 2.24) is 5.32 Å². The van der Waals surface area contributed by atoms with Crippen LogP contribution in [0, 0.1) is 5.92 Å². The molecule has 1 aliphatic carbocycles. The number of nitrogens with one attached hydrogen (secondary N) is 1. The van der Waals surface area contributed by atoms with Crippen LogP contribution < -0.4 is 5.32 Å². The molecule has 0 aromatic heterocycles. The van der Waals surface area contributed by atoms with Crippen LogP contribution in [0.15, 0.2) is 30.3 Å². The fraction of sp³-hybridized carbons (Fsp3) is 0.647. The third kappa shape index (κ3) is 4.00. The van der Waals surface area contributed by atoms with Crippen LogP contribution in [0.2, 0.25) is 0 Å². The van der Waals surface area contributed by atoms with Gasteiger partial charge in [0.15, 0.2) is 0 Å². The van der Waals surface area contributed by atoms with Crippen LogP contribution in [0.3, 0.4) is 0 Å². The second-order valence-corrected chi connectivity index (χ2v) is 7.35. The zero-order valence-electron chi connectivity index (χ0n) is 12.4. The van der Waals surface area contributed by atoms with E-state index in [-0.39, 0.29) is 0 Å². The van der Waals surface area contributed by atoms with Gasteiger partial charge < -0.3 is 5.32 Å². The minimum Gasteiger partial charge on any atom is -0.306 e. The Labute approximate surface area is 122 Å². The molecule has 3 unspecified atom stereocenters. The first-order chi connectivity index (χ1) is 9.22. The average Bonchev–Trinajstić information content (AvgIpc) is 2.84. The van der Waals surface area contributed by atoms with Gasteiger partial charge >= 0.3 is 0 Å². The van der Waals surface area contributed by atoms with Gasteiger partial charge in [0.25, 0.3) is 0 Å². The number of hydrogen-bond donors (Lipinski definition) is 1. The van der Waals surface area contributed by atoms with Gasteiger partial charge in [-0.25, -0.2) is 0 Å². The maximum atomic E-state index is 3.95. The molecular formula is C17H27NS. The predicted octanol–water partition coefficient (Wildman–Crippen LogP) is 4.65. The summed E-state index contributed by atoms with van der Waals surface area (Å²) in [4.78, 5) is 0. The lowest BCUT2D eigenvalue weighted by molar-refractivity contribution is 0.363. The largest absolute Gasteiger partial charge is 0.306 e. The topological polar surface area (TPSA) is 12.0 Å². The molecule has 1 fully saturated rings. The zero-order valence-corrected chi connectivity index (χ0v) is 13.2. The van der Waals surface area contributed by atoms with Gasteiger partial charge in [-0.3, -0.25) is 0 Å². The molecule has 0 bridgehead atoms. The monoisotopic (exact) mass is 277 g/mol. The molecule has 0 spiro atoms. The molecule has 0 radical (unpaired) electrons. The van der Waals surface area contributed by atoms with Crippen molar-refractivity contribution < 1.29 is 0 Å². The maximum absolute atomic E-state index is 3.95. The SMILES string of the molecule is CCSC1CCCC1NC(c1ccccc1)C(C)C. The third-order valence-electron chi connectivity index (χ3n) is 4.05. The Bertz CT molecular complexity index is 363. The van der Waals surface area contributed by atoms with Gasteiger partial charge in [0.05, 0.1) is 0 Å². The molecule has 2 rings (SSSR count). The van der Waals surface area contributed by atoms with Crippen molar-refractivity contribution in [3.63, 3.8) is 0 Å². The van der Waals surface area contributed by atoms with Crippen molar-refractivity contribution >= 4 is 11.8 Å². The summed E-state index contributed by atoms with van der Waals surface area (Å²) in [7, 11) is 0. The molecule has 2 heteroatoms. The van der Waals surface area contributed by atoms with E-state index in [2.05, 4.69) is 68.2 Å². The average molecular weight is 277 g/mol. The summed E-state index contributed by atoms with van der Waals surface area (Å²) >= 11 is 2.13. The van der Waals surface area contributed by atoms with Crippen molar-refractivity contribution in [2.24, 2.45) is 5.92 Å². The Morgan fingerprint density at radius 2 is 1.95 bits per heavy atom. The highest BCUT2D eigenvalue weighted by molar-refractivity contribution is 7.99. The van der Waals surface area contributed by atoms with E-state index in [1.165, 1.54) is 30.6 Å². The minimum absolute atomic E-state index is 0.490. The van der Waals surface area contributed by atoms with Crippen LogP contribution in [0.1, 0.15) is 51.6 Å². The molecule has 1 aromatic carbocycles. The first kappa shape index (κ1) is 14.9. The summed E-state index contributed by atoms with van der Waals surface area (Å²) < 4.78 is 0. The predicted molar refractivity (Wildman–Crippen MR) is 86.7 cm³/mol. The molecule has 0 amide bonds. The van der Waals surface area contributed by atoms with E-state index in [1.54, 1.807) is 0 Å². The first-order valence-corrected chi connectivity index (χ1v) is 8.69. The molecule has 3 atom stereocenters. The fourth-order valence-electron chi connectivity index (χ4n) is 3.09. The summed E-state index contributed by atoms with van der Waals surface area (Å²) in [5, 5.41) is 4.76. The van der Waals surface area contributed by atoms with E-state index < -0.39 is 0 Å². The van der Waals surface area contributed by atoms with E-state index in [0.717, 1.165) is 5.25 Å². The lowest BCUT2D eigenvalue weighted by Crippen LogP contribution is -2.39. The molecule has 0 heterocycles. The van der Waals surface area contributed by atoms with E-state index in [4.69, 9.17) is 0 Å². The number of rotatable bonds is 6. The molecule has 1 aromatic rings. The van der Waals surface area contributed by atoms with Gasteiger partial charge in [-0.15, -0.1) is 0 Å². The highest BCUT2D eigenvalue weighted by Gasteiger charge is 2.30. The van der Waals surface area contributed by atoms with Crippen LogP contribution in [0.25, 0.3) is 0 Å². The Hall–Kier alpha value is -0.470. The third-order valence-corrected chi connectivity index (χ3v) is 5.38. The summed E-state index contributed by atoms with van der Waals surface area (Å²) in [6.45, 7) is 6.92. The molecule has 1 saturated carbocycles. The van der Waals surface area contributed by atoms with Crippen LogP contribution in [-0.4, -0.2) is 17.0 Å². The van der Waals surface area contributed by atoms with Crippen molar-refractivity contribution in [3.8, 4) is 0 Å². The number of hydrogen-bond acceptors (Lipinski definition) is 2. The smallest absolute Gasteiger partial charge is 0.0346 e. The highest BCUT2D eigenvalue weighted by Crippen LogP contribution is 2.33. The van der Waals surface area contributed by atoms with Crippen molar-refractivity contribution in [2.75, 3.05) is 5.75 Å². The van der Waals surface area contributed by atoms with Gasteiger partial charge in [-0.05, 0) is 30.1 Å². The van der Waals surface area contributed by atoms with Crippen molar-refractivity contribution in [2.45, 2.75) is 57.4 Å². The molecular weight excluding hydrogens is 250 g/mol. The summed E-state index contributed by atoms with van der Waals surface area (Å²) in [6.07, 6.45) is 4.11. The molecule has 19 heavy (non-hydrogen) atoms. The number of benzene rings is 1. The van der Waals surface area contributed by atoms with E-state index >= 15 is 0 Å². The van der Waals surface area contributed by atoms with Gasteiger partial charge in [0.1, 0.15) is 0 Å². The Kier molecular flexibility index (Phi) is 5.77. The van der Waals surface area contributed by atoms with Gasteiger partial charge in [-0.2, -0.15) is 11.8 Å². The van der Waals surface area contributed by atoms with Crippen LogP contribution in [0.4, 0.5) is 0 Å². The quantitative estimate of drug-likeness (QED) is 0.812.